The molecule has 3 heterocycles. The van der Waals surface area contributed by atoms with Crippen molar-refractivity contribution >= 4 is 49.5 Å². The first-order valence-corrected chi connectivity index (χ1v) is 14.2. The molecule has 3 unspecified atom stereocenters. The highest BCUT2D eigenvalue weighted by molar-refractivity contribution is 14.1. The van der Waals surface area contributed by atoms with Crippen molar-refractivity contribution < 1.29 is 27.4 Å². The third-order valence-electron chi connectivity index (χ3n) is 7.04. The Morgan fingerprint density at radius 1 is 1.00 bits per heavy atom. The molecule has 3 aliphatic rings. The third kappa shape index (κ3) is 3.72. The molecule has 10 heteroatoms. The minimum Gasteiger partial charge on any atom is -0.456 e. The fourth-order valence-electron chi connectivity index (χ4n) is 5.58. The summed E-state index contributed by atoms with van der Waals surface area (Å²) in [6.45, 7) is 5.53. The van der Waals surface area contributed by atoms with Crippen LogP contribution in [0.4, 0.5) is 0 Å². The van der Waals surface area contributed by atoms with Crippen LogP contribution < -0.4 is 4.72 Å². The van der Waals surface area contributed by atoms with E-state index in [1.54, 1.807) is 24.3 Å². The van der Waals surface area contributed by atoms with Crippen molar-refractivity contribution in [3.05, 3.63) is 65.4 Å². The molecule has 1 aromatic heterocycles. The lowest BCUT2D eigenvalue weighted by Gasteiger charge is -2.47. The third-order valence-corrected chi connectivity index (χ3v) is 9.93. The van der Waals surface area contributed by atoms with Crippen LogP contribution in [-0.4, -0.2) is 53.4 Å². The summed E-state index contributed by atoms with van der Waals surface area (Å²) in [4.78, 5) is 16.4. The zero-order valence-corrected chi connectivity index (χ0v) is 22.3. The van der Waals surface area contributed by atoms with E-state index in [9.17, 15) is 13.2 Å². The summed E-state index contributed by atoms with van der Waals surface area (Å²) in [6, 6.07) is 13.6. The van der Waals surface area contributed by atoms with Crippen LogP contribution in [0, 0.1) is 6.92 Å². The van der Waals surface area contributed by atoms with Crippen LogP contribution in [-0.2, 0) is 24.2 Å². The van der Waals surface area contributed by atoms with Gasteiger partial charge in [-0.3, -0.25) is 0 Å². The molecule has 0 radical (unpaired) electrons. The quantitative estimate of drug-likeness (QED) is 0.267. The fourth-order valence-corrected chi connectivity index (χ4v) is 8.00. The maximum absolute atomic E-state index is 13.6. The van der Waals surface area contributed by atoms with Crippen LogP contribution in [0.5, 0.6) is 0 Å². The van der Waals surface area contributed by atoms with Crippen LogP contribution >= 0.6 is 22.6 Å². The Bertz CT molecular complexity index is 1430. The van der Waals surface area contributed by atoms with Gasteiger partial charge in [0, 0.05) is 22.4 Å². The molecule has 0 amide bonds. The van der Waals surface area contributed by atoms with Gasteiger partial charge in [-0.1, -0.05) is 58.5 Å². The van der Waals surface area contributed by atoms with Gasteiger partial charge in [0.05, 0.1) is 14.9 Å². The molecule has 3 aromatic rings. The lowest BCUT2D eigenvalue weighted by molar-refractivity contribution is -0.146. The van der Waals surface area contributed by atoms with Gasteiger partial charge in [0.25, 0.3) is 0 Å². The first-order chi connectivity index (χ1) is 16.6. The average Bonchev–Trinajstić information content (AvgIpc) is 3.35. The molecule has 0 spiro atoms. The number of fused-ring (bicyclic) bond motifs is 6. The van der Waals surface area contributed by atoms with Crippen LogP contribution in [0.3, 0.4) is 0 Å². The number of alkyl halides is 1. The van der Waals surface area contributed by atoms with Gasteiger partial charge in [-0.15, -0.1) is 0 Å². The standard InChI is InChI=1S/C25H25IN2O6S/c1-12-8-10-13(11-9-12)35(30,31)28-19-17-16-14-6-4-5-7-15(14)27-20(16)24(29)32-21(17)18(26)22-23(19)34-25(2,3)33-22/h4-11,17-19,21-23,27-28H,1-3H3/t17?,18-,19+,21+,22?,23?/m0/s1. The second-order valence-corrected chi connectivity index (χ2v) is 13.0. The minimum absolute atomic E-state index is 0.165. The molecule has 1 saturated heterocycles. The van der Waals surface area contributed by atoms with Crippen molar-refractivity contribution in [2.24, 2.45) is 0 Å². The molecule has 35 heavy (non-hydrogen) atoms. The van der Waals surface area contributed by atoms with E-state index < -0.39 is 52.1 Å². The van der Waals surface area contributed by atoms with Crippen molar-refractivity contribution in [2.75, 3.05) is 0 Å². The predicted molar refractivity (Wildman–Crippen MR) is 137 cm³/mol. The molecule has 6 atom stereocenters. The number of benzene rings is 2. The smallest absolute Gasteiger partial charge is 0.355 e. The highest BCUT2D eigenvalue weighted by Crippen LogP contribution is 2.51. The molecule has 2 fully saturated rings. The molecule has 8 nitrogen and oxygen atoms in total. The van der Waals surface area contributed by atoms with E-state index in [4.69, 9.17) is 14.2 Å². The zero-order valence-electron chi connectivity index (χ0n) is 19.3. The van der Waals surface area contributed by atoms with Crippen molar-refractivity contribution in [2.45, 2.75) is 65.7 Å². The maximum Gasteiger partial charge on any atom is 0.355 e. The van der Waals surface area contributed by atoms with Crippen LogP contribution in [0.15, 0.2) is 53.4 Å². The maximum atomic E-state index is 13.6. The topological polar surface area (TPSA) is 107 Å². The van der Waals surface area contributed by atoms with Gasteiger partial charge in [-0.05, 0) is 39.0 Å². The van der Waals surface area contributed by atoms with Crippen molar-refractivity contribution in [1.29, 1.82) is 0 Å². The second kappa shape index (κ2) is 8.01. The minimum atomic E-state index is -3.91. The molecule has 0 bridgehead atoms. The first kappa shape index (κ1) is 23.4. The molecule has 1 aliphatic carbocycles. The van der Waals surface area contributed by atoms with Gasteiger partial charge in [-0.2, -0.15) is 0 Å². The van der Waals surface area contributed by atoms with Gasteiger partial charge >= 0.3 is 5.97 Å². The molecular weight excluding hydrogens is 583 g/mol. The number of aryl methyl sites for hydroxylation is 1. The summed E-state index contributed by atoms with van der Waals surface area (Å²) in [6.07, 6.45) is -1.64. The van der Waals surface area contributed by atoms with Crippen LogP contribution in [0.25, 0.3) is 10.9 Å². The Hall–Kier alpha value is -1.99. The number of hydrogen-bond donors (Lipinski definition) is 2. The number of hydrogen-bond acceptors (Lipinski definition) is 6. The Kier molecular flexibility index (Phi) is 5.35. The Balaban J connectivity index is 1.52. The summed E-state index contributed by atoms with van der Waals surface area (Å²) in [5.74, 6) is -1.83. The Labute approximate surface area is 216 Å². The number of nitrogens with one attached hydrogen (secondary N) is 2. The van der Waals surface area contributed by atoms with E-state index in [1.165, 1.54) is 0 Å². The van der Waals surface area contributed by atoms with Gasteiger partial charge in [0.2, 0.25) is 10.0 Å². The molecule has 2 aliphatic heterocycles. The van der Waals surface area contributed by atoms with Crippen LogP contribution in [0.1, 0.15) is 41.4 Å². The second-order valence-electron chi connectivity index (χ2n) is 9.82. The monoisotopic (exact) mass is 608 g/mol. The molecule has 2 aromatic carbocycles. The van der Waals surface area contributed by atoms with E-state index in [-0.39, 0.29) is 8.82 Å². The first-order valence-electron chi connectivity index (χ1n) is 11.5. The molecule has 6 rings (SSSR count). The molecule has 2 N–H and O–H groups in total. The van der Waals surface area contributed by atoms with E-state index in [0.29, 0.717) is 5.69 Å². The highest BCUT2D eigenvalue weighted by Gasteiger charge is 2.62. The van der Waals surface area contributed by atoms with Crippen molar-refractivity contribution in [1.82, 2.24) is 9.71 Å². The van der Waals surface area contributed by atoms with E-state index >= 15 is 0 Å². The summed E-state index contributed by atoms with van der Waals surface area (Å²) >= 11 is 2.25. The van der Waals surface area contributed by atoms with Crippen molar-refractivity contribution in [3.63, 3.8) is 0 Å². The molecule has 184 valence electrons. The highest BCUT2D eigenvalue weighted by atomic mass is 127. The zero-order chi connectivity index (χ0) is 24.7. The number of esters is 1. The number of rotatable bonds is 3. The fraction of sp³-hybridized carbons (Fsp3) is 0.400. The number of para-hydroxylation sites is 1. The van der Waals surface area contributed by atoms with Crippen molar-refractivity contribution in [3.8, 4) is 0 Å². The number of H-pyrrole nitrogens is 1. The lowest BCUT2D eigenvalue weighted by Crippen LogP contribution is -2.64. The Morgan fingerprint density at radius 2 is 1.69 bits per heavy atom. The molecular formula is C25H25IN2O6S. The number of aromatic amines is 1. The number of halogens is 1. The predicted octanol–water partition coefficient (Wildman–Crippen LogP) is 3.78. The number of sulfonamides is 1. The van der Waals surface area contributed by atoms with Gasteiger partial charge in [0.15, 0.2) is 5.79 Å². The van der Waals surface area contributed by atoms with E-state index in [0.717, 1.165) is 22.0 Å². The number of aromatic nitrogens is 1. The average molecular weight is 608 g/mol. The summed E-state index contributed by atoms with van der Waals surface area (Å²) < 4.78 is 48.3. The van der Waals surface area contributed by atoms with Crippen LogP contribution in [0.2, 0.25) is 0 Å². The van der Waals surface area contributed by atoms with E-state index in [1.807, 2.05) is 45.0 Å². The Morgan fingerprint density at radius 3 is 2.43 bits per heavy atom. The van der Waals surface area contributed by atoms with Gasteiger partial charge in [0.1, 0.15) is 24.0 Å². The molecule has 1 saturated carbocycles. The SMILES string of the molecule is Cc1ccc(S(=O)(=O)N[C@H]2C3OC(C)(C)OC3[C@@H](I)[C@@H]3OC(=O)c4[nH]c5ccccc5c4C23)cc1. The van der Waals surface area contributed by atoms with E-state index in [2.05, 4.69) is 32.3 Å². The summed E-state index contributed by atoms with van der Waals surface area (Å²) in [5.41, 5.74) is 2.87. The summed E-state index contributed by atoms with van der Waals surface area (Å²) in [5, 5.41) is 0.869. The number of ether oxygens (including phenoxy) is 3. The normalized spacial score (nSPS) is 31.5. The lowest BCUT2D eigenvalue weighted by atomic mass is 9.73. The van der Waals surface area contributed by atoms with Gasteiger partial charge < -0.3 is 19.2 Å². The summed E-state index contributed by atoms with van der Waals surface area (Å²) in [7, 11) is -3.91. The number of carbonyl (C=O) groups is 1. The number of carbonyl (C=O) groups excluding carboxylic acids is 1. The largest absolute Gasteiger partial charge is 0.456 e. The van der Waals surface area contributed by atoms with Gasteiger partial charge in [-0.25, -0.2) is 17.9 Å².